The summed E-state index contributed by atoms with van der Waals surface area (Å²) in [5, 5.41) is 10.4. The summed E-state index contributed by atoms with van der Waals surface area (Å²) in [6, 6.07) is 5.41. The molecule has 19 heavy (non-hydrogen) atoms. The average Bonchev–Trinajstić information content (AvgIpc) is 2.81. The highest BCUT2D eigenvalue weighted by Crippen LogP contribution is 2.16. The Balaban J connectivity index is 2.10. The van der Waals surface area contributed by atoms with E-state index in [-0.39, 0.29) is 5.91 Å². The van der Waals surface area contributed by atoms with Crippen LogP contribution in [0.2, 0.25) is 0 Å². The standard InChI is InChI=1S/C12H16N6O/c1-8-3-4-9(10(5-8)16-13)12(19)14-6-11-17-15-7-18(11)2/h3-5,7,16H,6,13H2,1-2H3,(H,14,19). The minimum Gasteiger partial charge on any atom is -0.345 e. The van der Waals surface area contributed by atoms with E-state index in [4.69, 9.17) is 5.84 Å². The van der Waals surface area contributed by atoms with E-state index in [1.54, 1.807) is 17.0 Å². The predicted molar refractivity (Wildman–Crippen MR) is 71.2 cm³/mol. The number of carbonyl (C=O) groups is 1. The number of hydrogen-bond acceptors (Lipinski definition) is 5. The average molecular weight is 260 g/mol. The number of aromatic nitrogens is 3. The first-order chi connectivity index (χ1) is 9.11. The molecule has 100 valence electrons. The molecule has 0 saturated carbocycles. The van der Waals surface area contributed by atoms with Crippen molar-refractivity contribution in [3.63, 3.8) is 0 Å². The molecular formula is C12H16N6O. The molecule has 0 fully saturated rings. The van der Waals surface area contributed by atoms with Crippen molar-refractivity contribution < 1.29 is 4.79 Å². The van der Waals surface area contributed by atoms with Crippen LogP contribution in [-0.2, 0) is 13.6 Å². The zero-order valence-electron chi connectivity index (χ0n) is 10.8. The van der Waals surface area contributed by atoms with Crippen molar-refractivity contribution in [2.45, 2.75) is 13.5 Å². The van der Waals surface area contributed by atoms with Crippen LogP contribution < -0.4 is 16.6 Å². The van der Waals surface area contributed by atoms with Crippen LogP contribution in [0.1, 0.15) is 21.7 Å². The van der Waals surface area contributed by atoms with Gasteiger partial charge in [-0.3, -0.25) is 10.6 Å². The van der Waals surface area contributed by atoms with E-state index in [0.717, 1.165) is 5.56 Å². The summed E-state index contributed by atoms with van der Waals surface area (Å²) in [7, 11) is 1.82. The summed E-state index contributed by atoms with van der Waals surface area (Å²) >= 11 is 0. The lowest BCUT2D eigenvalue weighted by molar-refractivity contribution is 0.0950. The Hall–Kier alpha value is -2.41. The molecule has 2 rings (SSSR count). The van der Waals surface area contributed by atoms with Crippen molar-refractivity contribution in [1.29, 1.82) is 0 Å². The fraction of sp³-hybridized carbons (Fsp3) is 0.250. The summed E-state index contributed by atoms with van der Waals surface area (Å²) < 4.78 is 1.75. The first-order valence-electron chi connectivity index (χ1n) is 5.80. The molecule has 0 aliphatic heterocycles. The van der Waals surface area contributed by atoms with Gasteiger partial charge in [0.05, 0.1) is 17.8 Å². The molecule has 2 aromatic rings. The van der Waals surface area contributed by atoms with Crippen molar-refractivity contribution in [2.75, 3.05) is 5.43 Å². The number of anilines is 1. The number of carbonyl (C=O) groups excluding carboxylic acids is 1. The lowest BCUT2D eigenvalue weighted by Crippen LogP contribution is -2.26. The highest BCUT2D eigenvalue weighted by Gasteiger charge is 2.11. The molecule has 1 aromatic carbocycles. The third kappa shape index (κ3) is 2.89. The third-order valence-corrected chi connectivity index (χ3v) is 2.79. The van der Waals surface area contributed by atoms with Crippen LogP contribution in [0, 0.1) is 6.92 Å². The Bertz CT molecular complexity index is 592. The zero-order chi connectivity index (χ0) is 13.8. The monoisotopic (exact) mass is 260 g/mol. The van der Waals surface area contributed by atoms with Crippen LogP contribution in [0.5, 0.6) is 0 Å². The third-order valence-electron chi connectivity index (χ3n) is 2.79. The van der Waals surface area contributed by atoms with E-state index in [0.29, 0.717) is 23.6 Å². The lowest BCUT2D eigenvalue weighted by atomic mass is 10.1. The number of benzene rings is 1. The van der Waals surface area contributed by atoms with Crippen LogP contribution in [0.3, 0.4) is 0 Å². The van der Waals surface area contributed by atoms with Crippen LogP contribution >= 0.6 is 0 Å². The van der Waals surface area contributed by atoms with Crippen molar-refractivity contribution in [2.24, 2.45) is 12.9 Å². The number of nitrogens with two attached hydrogens (primary N) is 1. The van der Waals surface area contributed by atoms with Crippen molar-refractivity contribution in [1.82, 2.24) is 20.1 Å². The Morgan fingerprint density at radius 2 is 2.26 bits per heavy atom. The van der Waals surface area contributed by atoms with E-state index in [1.807, 2.05) is 26.1 Å². The number of hydrazine groups is 1. The zero-order valence-corrected chi connectivity index (χ0v) is 10.8. The van der Waals surface area contributed by atoms with Gasteiger partial charge >= 0.3 is 0 Å². The van der Waals surface area contributed by atoms with Gasteiger partial charge in [-0.25, -0.2) is 0 Å². The quantitative estimate of drug-likeness (QED) is 0.544. The summed E-state index contributed by atoms with van der Waals surface area (Å²) in [6.45, 7) is 2.25. The van der Waals surface area contributed by atoms with Gasteiger partial charge in [0, 0.05) is 7.05 Å². The number of amides is 1. The van der Waals surface area contributed by atoms with E-state index in [9.17, 15) is 4.79 Å². The molecule has 4 N–H and O–H groups in total. The van der Waals surface area contributed by atoms with Crippen molar-refractivity contribution >= 4 is 11.6 Å². The minimum absolute atomic E-state index is 0.212. The predicted octanol–water partition coefficient (Wildman–Crippen LogP) is 0.339. The van der Waals surface area contributed by atoms with Crippen LogP contribution in [0.4, 0.5) is 5.69 Å². The number of nitrogens with zero attached hydrogens (tertiary/aromatic N) is 3. The maximum Gasteiger partial charge on any atom is 0.253 e. The van der Waals surface area contributed by atoms with Gasteiger partial charge in [-0.1, -0.05) is 6.07 Å². The smallest absolute Gasteiger partial charge is 0.253 e. The van der Waals surface area contributed by atoms with Crippen LogP contribution in [0.25, 0.3) is 0 Å². The molecule has 1 aromatic heterocycles. The molecule has 0 aliphatic carbocycles. The topological polar surface area (TPSA) is 97.9 Å². The highest BCUT2D eigenvalue weighted by atomic mass is 16.1. The van der Waals surface area contributed by atoms with E-state index < -0.39 is 0 Å². The van der Waals surface area contributed by atoms with Gasteiger partial charge in [-0.2, -0.15) is 0 Å². The minimum atomic E-state index is -0.212. The number of aryl methyl sites for hydroxylation is 2. The molecule has 0 aliphatic rings. The molecule has 0 saturated heterocycles. The lowest BCUT2D eigenvalue weighted by Gasteiger charge is -2.10. The molecule has 7 heteroatoms. The molecule has 0 bridgehead atoms. The summed E-state index contributed by atoms with van der Waals surface area (Å²) in [5.74, 6) is 5.89. The summed E-state index contributed by atoms with van der Waals surface area (Å²) in [5.41, 5.74) is 4.64. The normalized spacial score (nSPS) is 10.3. The van der Waals surface area contributed by atoms with Crippen molar-refractivity contribution in [3.8, 4) is 0 Å². The van der Waals surface area contributed by atoms with Crippen LogP contribution in [0.15, 0.2) is 24.5 Å². The largest absolute Gasteiger partial charge is 0.345 e. The molecule has 1 amide bonds. The van der Waals surface area contributed by atoms with Gasteiger partial charge < -0.3 is 15.3 Å². The number of nitrogens with one attached hydrogen (secondary N) is 2. The van der Waals surface area contributed by atoms with Crippen molar-refractivity contribution in [3.05, 3.63) is 41.5 Å². The Labute approximate surface area is 110 Å². The number of rotatable bonds is 4. The maximum absolute atomic E-state index is 12.1. The fourth-order valence-corrected chi connectivity index (χ4v) is 1.70. The maximum atomic E-state index is 12.1. The second kappa shape index (κ2) is 5.49. The number of hydrogen-bond donors (Lipinski definition) is 3. The molecular weight excluding hydrogens is 244 g/mol. The first kappa shape index (κ1) is 13.0. The van der Waals surface area contributed by atoms with Crippen LogP contribution in [-0.4, -0.2) is 20.7 Å². The Morgan fingerprint density at radius 3 is 2.89 bits per heavy atom. The molecule has 7 nitrogen and oxygen atoms in total. The van der Waals surface area contributed by atoms with Gasteiger partial charge in [0.1, 0.15) is 6.33 Å². The Morgan fingerprint density at radius 1 is 1.47 bits per heavy atom. The molecule has 0 unspecified atom stereocenters. The molecule has 0 radical (unpaired) electrons. The molecule has 1 heterocycles. The first-order valence-corrected chi connectivity index (χ1v) is 5.80. The summed E-state index contributed by atoms with van der Waals surface area (Å²) in [4.78, 5) is 12.1. The Kier molecular flexibility index (Phi) is 3.76. The van der Waals surface area contributed by atoms with E-state index in [2.05, 4.69) is 20.9 Å². The highest BCUT2D eigenvalue weighted by molar-refractivity contribution is 5.99. The molecule has 0 atom stereocenters. The SMILES string of the molecule is Cc1ccc(C(=O)NCc2nncn2C)c(NN)c1. The van der Waals surface area contributed by atoms with Gasteiger partial charge in [-0.15, -0.1) is 10.2 Å². The van der Waals surface area contributed by atoms with Gasteiger partial charge in [0.2, 0.25) is 0 Å². The van der Waals surface area contributed by atoms with E-state index in [1.165, 1.54) is 0 Å². The molecule has 0 spiro atoms. The van der Waals surface area contributed by atoms with Gasteiger partial charge in [0.15, 0.2) is 5.82 Å². The number of nitrogen functional groups attached to an aromatic ring is 1. The second-order valence-corrected chi connectivity index (χ2v) is 4.23. The second-order valence-electron chi connectivity index (χ2n) is 4.23. The fourth-order valence-electron chi connectivity index (χ4n) is 1.70. The van der Waals surface area contributed by atoms with E-state index >= 15 is 0 Å². The summed E-state index contributed by atoms with van der Waals surface area (Å²) in [6.07, 6.45) is 1.58. The van der Waals surface area contributed by atoms with Gasteiger partial charge in [0.25, 0.3) is 5.91 Å². The van der Waals surface area contributed by atoms with Gasteiger partial charge in [-0.05, 0) is 24.6 Å².